The van der Waals surface area contributed by atoms with E-state index in [1.165, 1.54) is 23.3 Å². The fourth-order valence-corrected chi connectivity index (χ4v) is 4.73. The van der Waals surface area contributed by atoms with E-state index in [0.29, 0.717) is 27.0 Å². The maximum absolute atomic E-state index is 13.1. The molecule has 164 valence electrons. The number of ketones is 1. The van der Waals surface area contributed by atoms with Crippen molar-refractivity contribution in [1.82, 2.24) is 4.98 Å². The minimum atomic E-state index is -0.920. The Hall–Kier alpha value is -2.87. The van der Waals surface area contributed by atoms with E-state index in [1.807, 2.05) is 13.8 Å². The molecule has 1 amide bonds. The van der Waals surface area contributed by atoms with Crippen molar-refractivity contribution in [3.05, 3.63) is 79.8 Å². The SMILES string of the molecule is COc1ccc(/C(O)=C2\C(=O)C(=O)N(c3nc(C)c(C)s3)C2c2ccc(Cl)c(Cl)c2)cc1. The first-order valence-corrected chi connectivity index (χ1v) is 11.1. The largest absolute Gasteiger partial charge is 0.507 e. The van der Waals surface area contributed by atoms with Gasteiger partial charge in [-0.25, -0.2) is 4.98 Å². The number of hydrogen-bond donors (Lipinski definition) is 1. The van der Waals surface area contributed by atoms with E-state index in [4.69, 9.17) is 27.9 Å². The van der Waals surface area contributed by atoms with Crippen LogP contribution < -0.4 is 9.64 Å². The van der Waals surface area contributed by atoms with Gasteiger partial charge in [-0.3, -0.25) is 14.5 Å². The minimum absolute atomic E-state index is 0.0518. The summed E-state index contributed by atoms with van der Waals surface area (Å²) in [6.07, 6.45) is 0. The van der Waals surface area contributed by atoms with Crippen LogP contribution in [0.5, 0.6) is 5.75 Å². The van der Waals surface area contributed by atoms with Crippen molar-refractivity contribution < 1.29 is 19.4 Å². The summed E-state index contributed by atoms with van der Waals surface area (Å²) in [6.45, 7) is 3.72. The molecule has 0 saturated carbocycles. The van der Waals surface area contributed by atoms with Crippen molar-refractivity contribution in [2.75, 3.05) is 12.0 Å². The predicted octanol–water partition coefficient (Wildman–Crippen LogP) is 5.70. The summed E-state index contributed by atoms with van der Waals surface area (Å²) in [5.41, 5.74) is 1.61. The number of anilines is 1. The first-order chi connectivity index (χ1) is 15.2. The summed E-state index contributed by atoms with van der Waals surface area (Å²) >= 11 is 13.6. The number of carbonyl (C=O) groups is 2. The first kappa shape index (κ1) is 22.3. The molecule has 0 aliphatic carbocycles. The minimum Gasteiger partial charge on any atom is -0.507 e. The average Bonchev–Trinajstić information content (AvgIpc) is 3.25. The van der Waals surface area contributed by atoms with E-state index in [0.717, 1.165) is 10.6 Å². The number of aliphatic hydroxyl groups is 1. The lowest BCUT2D eigenvalue weighted by molar-refractivity contribution is -0.132. The van der Waals surface area contributed by atoms with Crippen molar-refractivity contribution in [3.8, 4) is 5.75 Å². The third-order valence-corrected chi connectivity index (χ3v) is 7.10. The van der Waals surface area contributed by atoms with Crippen LogP contribution in [-0.4, -0.2) is 28.9 Å². The molecule has 6 nitrogen and oxygen atoms in total. The van der Waals surface area contributed by atoms with E-state index in [9.17, 15) is 14.7 Å². The van der Waals surface area contributed by atoms with Crippen LogP contribution in [0.15, 0.2) is 48.0 Å². The number of amides is 1. The molecule has 9 heteroatoms. The zero-order valence-electron chi connectivity index (χ0n) is 17.3. The molecule has 1 saturated heterocycles. The summed E-state index contributed by atoms with van der Waals surface area (Å²) in [6, 6.07) is 10.5. The summed E-state index contributed by atoms with van der Waals surface area (Å²) in [5, 5.41) is 12.1. The van der Waals surface area contributed by atoms with Crippen LogP contribution in [0.1, 0.15) is 27.7 Å². The van der Waals surface area contributed by atoms with Crippen LogP contribution in [0.25, 0.3) is 5.76 Å². The number of methoxy groups -OCH3 is 1. The quantitative estimate of drug-likeness (QED) is 0.289. The molecule has 1 aliphatic heterocycles. The first-order valence-electron chi connectivity index (χ1n) is 9.57. The Morgan fingerprint density at radius 1 is 1.09 bits per heavy atom. The molecule has 1 fully saturated rings. The van der Waals surface area contributed by atoms with Gasteiger partial charge >= 0.3 is 5.91 Å². The highest BCUT2D eigenvalue weighted by molar-refractivity contribution is 7.16. The molecule has 3 aromatic rings. The van der Waals surface area contributed by atoms with Crippen LogP contribution in [0, 0.1) is 13.8 Å². The number of ether oxygens (including phenoxy) is 1. The molecule has 1 atom stereocenters. The third-order valence-electron chi connectivity index (χ3n) is 5.29. The van der Waals surface area contributed by atoms with Crippen molar-refractivity contribution >= 4 is 57.1 Å². The predicted molar refractivity (Wildman–Crippen MR) is 126 cm³/mol. The van der Waals surface area contributed by atoms with Gasteiger partial charge in [0.1, 0.15) is 11.5 Å². The highest BCUT2D eigenvalue weighted by Crippen LogP contribution is 2.44. The zero-order valence-corrected chi connectivity index (χ0v) is 19.7. The number of benzene rings is 2. The highest BCUT2D eigenvalue weighted by atomic mass is 35.5. The number of thiazole rings is 1. The molecule has 2 heterocycles. The Morgan fingerprint density at radius 3 is 2.34 bits per heavy atom. The number of Topliss-reactive ketones (excluding diaryl/α,β-unsaturated/α-hetero) is 1. The number of halogens is 2. The van der Waals surface area contributed by atoms with Crippen LogP contribution in [0.4, 0.5) is 5.13 Å². The fourth-order valence-electron chi connectivity index (χ4n) is 3.49. The van der Waals surface area contributed by atoms with Crippen LogP contribution >= 0.6 is 34.5 Å². The molecule has 1 unspecified atom stereocenters. The fraction of sp³-hybridized carbons (Fsp3) is 0.174. The molecule has 0 bridgehead atoms. The van der Waals surface area contributed by atoms with E-state index in [-0.39, 0.29) is 16.4 Å². The normalized spacial score (nSPS) is 17.8. The van der Waals surface area contributed by atoms with Crippen molar-refractivity contribution in [1.29, 1.82) is 0 Å². The summed E-state index contributed by atoms with van der Waals surface area (Å²) < 4.78 is 5.15. The van der Waals surface area contributed by atoms with Gasteiger partial charge in [0.2, 0.25) is 0 Å². The summed E-state index contributed by atoms with van der Waals surface area (Å²) in [5.74, 6) is -1.28. The van der Waals surface area contributed by atoms with E-state index < -0.39 is 17.7 Å². The Labute approximate surface area is 198 Å². The standard InChI is InChI=1S/C23H18Cl2N2O4S/c1-11-12(2)32-23(26-11)27-19(14-6-9-16(24)17(25)10-14)18(21(29)22(27)30)20(28)13-4-7-15(31-3)8-5-13/h4-10,19,28H,1-3H3/b20-18+. The van der Waals surface area contributed by atoms with Gasteiger partial charge in [-0.15, -0.1) is 11.3 Å². The second-order valence-electron chi connectivity index (χ2n) is 7.21. The number of aryl methyl sites for hydroxylation is 2. The third kappa shape index (κ3) is 3.77. The van der Waals surface area contributed by atoms with Gasteiger partial charge < -0.3 is 9.84 Å². The van der Waals surface area contributed by atoms with Gasteiger partial charge in [0.25, 0.3) is 5.78 Å². The molecule has 2 aromatic carbocycles. The van der Waals surface area contributed by atoms with E-state index in [1.54, 1.807) is 42.5 Å². The van der Waals surface area contributed by atoms with Crippen molar-refractivity contribution in [3.63, 3.8) is 0 Å². The van der Waals surface area contributed by atoms with Crippen molar-refractivity contribution in [2.45, 2.75) is 19.9 Å². The molecular weight excluding hydrogens is 471 g/mol. The smallest absolute Gasteiger partial charge is 0.301 e. The number of carbonyl (C=O) groups excluding carboxylic acids is 2. The molecule has 0 radical (unpaired) electrons. The van der Waals surface area contributed by atoms with Gasteiger partial charge in [0.15, 0.2) is 5.13 Å². The van der Waals surface area contributed by atoms with Crippen LogP contribution in [-0.2, 0) is 9.59 Å². The molecular formula is C23H18Cl2N2O4S. The van der Waals surface area contributed by atoms with Gasteiger partial charge in [-0.05, 0) is 55.8 Å². The van der Waals surface area contributed by atoms with Crippen LogP contribution in [0.2, 0.25) is 10.0 Å². The Morgan fingerprint density at radius 2 is 1.78 bits per heavy atom. The topological polar surface area (TPSA) is 79.7 Å². The lowest BCUT2D eigenvalue weighted by Gasteiger charge is -2.23. The molecule has 1 aromatic heterocycles. The second kappa shape index (κ2) is 8.58. The molecule has 1 N–H and O–H groups in total. The monoisotopic (exact) mass is 488 g/mol. The molecule has 1 aliphatic rings. The van der Waals surface area contributed by atoms with E-state index >= 15 is 0 Å². The number of aromatic nitrogens is 1. The Balaban J connectivity index is 1.94. The Kier molecular flexibility index (Phi) is 5.99. The van der Waals surface area contributed by atoms with Crippen molar-refractivity contribution in [2.24, 2.45) is 0 Å². The van der Waals surface area contributed by atoms with Gasteiger partial charge in [0, 0.05) is 10.4 Å². The van der Waals surface area contributed by atoms with E-state index in [2.05, 4.69) is 4.98 Å². The maximum atomic E-state index is 13.1. The van der Waals surface area contributed by atoms with Gasteiger partial charge in [0.05, 0.1) is 34.5 Å². The summed E-state index contributed by atoms with van der Waals surface area (Å²) in [7, 11) is 1.53. The second-order valence-corrected chi connectivity index (χ2v) is 9.21. The average molecular weight is 489 g/mol. The lowest BCUT2D eigenvalue weighted by atomic mass is 9.95. The van der Waals surface area contributed by atoms with Gasteiger partial charge in [-0.1, -0.05) is 29.3 Å². The maximum Gasteiger partial charge on any atom is 0.301 e. The molecule has 4 rings (SSSR count). The Bertz CT molecular complexity index is 1250. The number of rotatable bonds is 4. The lowest BCUT2D eigenvalue weighted by Crippen LogP contribution is -2.29. The number of nitrogens with zero attached hydrogens (tertiary/aromatic N) is 2. The van der Waals surface area contributed by atoms with Gasteiger partial charge in [-0.2, -0.15) is 0 Å². The van der Waals surface area contributed by atoms with Crippen LogP contribution in [0.3, 0.4) is 0 Å². The zero-order chi connectivity index (χ0) is 23.2. The molecule has 0 spiro atoms. The number of aliphatic hydroxyl groups excluding tert-OH is 1. The summed E-state index contributed by atoms with van der Waals surface area (Å²) in [4.78, 5) is 33.0. The number of hydrogen-bond acceptors (Lipinski definition) is 6. The highest BCUT2D eigenvalue weighted by Gasteiger charge is 2.48. The molecule has 32 heavy (non-hydrogen) atoms.